The van der Waals surface area contributed by atoms with E-state index < -0.39 is 65.5 Å². The molecule has 432 valence electrons. The molecule has 8 aromatic rings. The zero-order chi connectivity index (χ0) is 58.3. The van der Waals surface area contributed by atoms with Crippen LogP contribution >= 0.6 is 0 Å². The number of β-amino-alcohol motifs (C(OH)–C–C–N with tert-alkyl or cyclic N) is 2. The minimum absolute atomic E-state index is 0.00143. The van der Waals surface area contributed by atoms with Gasteiger partial charge in [-0.3, -0.25) is 9.13 Å². The summed E-state index contributed by atoms with van der Waals surface area (Å²) in [4.78, 5) is 27.7. The van der Waals surface area contributed by atoms with Crippen molar-refractivity contribution in [1.29, 1.82) is 0 Å². The SMILES string of the molecule is COc1cccc(-c2nnc(CS(=O)(=O)[C@@H]3C[C@@H](O)CN(c4ncc(F)cn4)C3)n2-c2c(OC)cccc2OC)n1.COc1cccc(-c2nnc(CS(=O)(=O)[C@H]3C[C@H](O)CN(c4ncc(F)cn4)C3)n2-c2c(OC)cccc2OC)n1. The average molecular weight is 1170 g/mol. The molecule has 0 amide bonds. The number of methoxy groups -OCH3 is 6. The van der Waals surface area contributed by atoms with Crippen molar-refractivity contribution in [2.75, 3.05) is 78.6 Å². The van der Waals surface area contributed by atoms with E-state index in [-0.39, 0.29) is 74.2 Å². The monoisotopic (exact) mass is 1170 g/mol. The van der Waals surface area contributed by atoms with Gasteiger partial charge in [0.1, 0.15) is 57.3 Å². The van der Waals surface area contributed by atoms with Crippen LogP contribution in [0.3, 0.4) is 0 Å². The van der Waals surface area contributed by atoms with Gasteiger partial charge in [-0.05, 0) is 49.2 Å². The molecule has 10 rings (SSSR count). The Balaban J connectivity index is 0.000000198. The largest absolute Gasteiger partial charge is 0.494 e. The van der Waals surface area contributed by atoms with Crippen molar-refractivity contribution in [3.63, 3.8) is 0 Å². The number of benzene rings is 2. The lowest BCUT2D eigenvalue weighted by atomic mass is 10.1. The molecule has 0 radical (unpaired) electrons. The number of aliphatic hydroxyl groups excluding tert-OH is 2. The summed E-state index contributed by atoms with van der Waals surface area (Å²) in [6.07, 6.45) is 2.01. The van der Waals surface area contributed by atoms with E-state index in [1.54, 1.807) is 72.8 Å². The summed E-state index contributed by atoms with van der Waals surface area (Å²) in [5.74, 6) is 0.802. The number of anilines is 2. The van der Waals surface area contributed by atoms with Crippen molar-refractivity contribution in [3.8, 4) is 69.2 Å². The highest BCUT2D eigenvalue weighted by atomic mass is 32.2. The molecule has 2 N–H and O–H groups in total. The summed E-state index contributed by atoms with van der Waals surface area (Å²) in [6, 6.07) is 20.5. The quantitative estimate of drug-likeness (QED) is 0.124. The third-order valence-electron chi connectivity index (χ3n) is 13.3. The van der Waals surface area contributed by atoms with Crippen LogP contribution in [0.25, 0.3) is 34.4 Å². The number of aliphatic hydroxyl groups is 2. The minimum atomic E-state index is -3.95. The lowest BCUT2D eigenvalue weighted by molar-refractivity contribution is 0.154. The Morgan fingerprint density at radius 1 is 0.488 bits per heavy atom. The molecular weight excluding hydrogens is 1110 g/mol. The highest BCUT2D eigenvalue weighted by Crippen LogP contribution is 2.39. The summed E-state index contributed by atoms with van der Waals surface area (Å²) < 4.78 is 118. The Hall–Kier alpha value is -8.74. The van der Waals surface area contributed by atoms with Crippen LogP contribution < -0.4 is 38.2 Å². The highest BCUT2D eigenvalue weighted by Gasteiger charge is 2.40. The van der Waals surface area contributed by atoms with Crippen LogP contribution in [0.5, 0.6) is 34.8 Å². The van der Waals surface area contributed by atoms with Crippen molar-refractivity contribution in [2.45, 2.75) is 47.1 Å². The van der Waals surface area contributed by atoms with Gasteiger partial charge in [0, 0.05) is 38.3 Å². The molecule has 2 saturated heterocycles. The first-order valence-electron chi connectivity index (χ1n) is 25.1. The van der Waals surface area contributed by atoms with Crippen molar-refractivity contribution >= 4 is 31.6 Å². The van der Waals surface area contributed by atoms with E-state index in [0.717, 1.165) is 24.8 Å². The average Bonchev–Trinajstić information content (AvgIpc) is 3.60. The zero-order valence-electron chi connectivity index (χ0n) is 45.0. The molecule has 0 unspecified atom stereocenters. The highest BCUT2D eigenvalue weighted by molar-refractivity contribution is 7.91. The van der Waals surface area contributed by atoms with Crippen LogP contribution in [0.15, 0.2) is 97.6 Å². The maximum atomic E-state index is 13.9. The van der Waals surface area contributed by atoms with E-state index in [2.05, 4.69) is 50.3 Å². The summed E-state index contributed by atoms with van der Waals surface area (Å²) in [6.45, 7) is 0.221. The first-order chi connectivity index (χ1) is 39.5. The van der Waals surface area contributed by atoms with Gasteiger partial charge in [-0.25, -0.2) is 55.5 Å². The Morgan fingerprint density at radius 3 is 1.16 bits per heavy atom. The van der Waals surface area contributed by atoms with Crippen LogP contribution in [0.1, 0.15) is 24.5 Å². The van der Waals surface area contributed by atoms with Gasteiger partial charge in [0.05, 0.1) is 90.2 Å². The number of halogens is 2. The molecule has 26 nitrogen and oxygen atoms in total. The molecule has 0 saturated carbocycles. The van der Waals surface area contributed by atoms with E-state index in [9.17, 15) is 35.8 Å². The Labute approximate surface area is 469 Å². The number of rotatable bonds is 18. The maximum absolute atomic E-state index is 13.9. The number of aromatic nitrogens is 12. The number of hydrogen-bond acceptors (Lipinski definition) is 24. The van der Waals surface area contributed by atoms with Crippen LogP contribution in [0.2, 0.25) is 0 Å². The van der Waals surface area contributed by atoms with Gasteiger partial charge < -0.3 is 48.4 Å². The molecule has 0 bridgehead atoms. The third-order valence-corrected chi connectivity index (χ3v) is 17.3. The number of ether oxygens (including phenoxy) is 6. The summed E-state index contributed by atoms with van der Waals surface area (Å²) >= 11 is 0. The number of para-hydroxylation sites is 2. The van der Waals surface area contributed by atoms with Gasteiger partial charge in [0.2, 0.25) is 23.7 Å². The first-order valence-corrected chi connectivity index (χ1v) is 28.5. The standard InChI is InChI=1S/2C26H28FN7O6S/c2*1-38-20-7-5-8-21(39-2)24(20)34-22(31-32-25(34)19-6-4-9-23(30-19)40-3)15-41(36,37)18-10-17(35)13-33(14-18)26-28-11-16(27)12-29-26/h2*4-9,11-12,17-18,35H,10,13-15H2,1-3H3/t2*17-,18-/m10/s1. The van der Waals surface area contributed by atoms with Crippen molar-refractivity contribution in [2.24, 2.45) is 0 Å². The predicted molar refractivity (Wildman–Crippen MR) is 291 cm³/mol. The summed E-state index contributed by atoms with van der Waals surface area (Å²) in [5.41, 5.74) is 1.53. The van der Waals surface area contributed by atoms with E-state index in [4.69, 9.17) is 28.4 Å². The van der Waals surface area contributed by atoms with Gasteiger partial charge in [-0.2, -0.15) is 0 Å². The normalized spacial score (nSPS) is 17.3. The lowest BCUT2D eigenvalue weighted by Crippen LogP contribution is -2.49. The van der Waals surface area contributed by atoms with Crippen LogP contribution in [-0.4, -0.2) is 178 Å². The number of nitrogens with zero attached hydrogens (tertiary/aromatic N) is 14. The van der Waals surface area contributed by atoms with Crippen LogP contribution in [-0.2, 0) is 31.2 Å². The van der Waals surface area contributed by atoms with Crippen molar-refractivity contribution in [3.05, 3.63) is 121 Å². The number of pyridine rings is 2. The molecule has 0 aliphatic carbocycles. The van der Waals surface area contributed by atoms with Gasteiger partial charge in [-0.15, -0.1) is 20.4 Å². The number of sulfone groups is 2. The molecule has 2 fully saturated rings. The molecule has 2 aliphatic heterocycles. The second kappa shape index (κ2) is 25.0. The molecule has 30 heteroatoms. The zero-order valence-corrected chi connectivity index (χ0v) is 46.6. The fourth-order valence-corrected chi connectivity index (χ4v) is 12.9. The summed E-state index contributed by atoms with van der Waals surface area (Å²) in [5, 5.41) is 36.2. The fraction of sp³-hybridized carbons (Fsp3) is 0.346. The Kier molecular flexibility index (Phi) is 17.6. The molecule has 2 aromatic carbocycles. The molecule has 82 heavy (non-hydrogen) atoms. The second-order valence-corrected chi connectivity index (χ2v) is 23.1. The van der Waals surface area contributed by atoms with Gasteiger partial charge in [0.15, 0.2) is 54.6 Å². The van der Waals surface area contributed by atoms with E-state index in [0.29, 0.717) is 57.5 Å². The van der Waals surface area contributed by atoms with E-state index in [1.807, 2.05) is 0 Å². The van der Waals surface area contributed by atoms with Gasteiger partial charge >= 0.3 is 0 Å². The predicted octanol–water partition coefficient (Wildman–Crippen LogP) is 3.68. The number of hydrogen-bond donors (Lipinski definition) is 2. The van der Waals surface area contributed by atoms with Crippen molar-refractivity contribution < 1.29 is 64.3 Å². The van der Waals surface area contributed by atoms with Crippen LogP contribution in [0, 0.1) is 11.6 Å². The van der Waals surface area contributed by atoms with E-state index >= 15 is 0 Å². The molecule has 2 aliphatic rings. The summed E-state index contributed by atoms with van der Waals surface area (Å²) in [7, 11) is 1.00. The van der Waals surface area contributed by atoms with E-state index in [1.165, 1.54) is 61.6 Å². The molecule has 0 spiro atoms. The molecule has 6 aromatic heterocycles. The third kappa shape index (κ3) is 12.6. The second-order valence-electron chi connectivity index (χ2n) is 18.6. The Morgan fingerprint density at radius 2 is 0.829 bits per heavy atom. The molecule has 8 heterocycles. The fourth-order valence-electron chi connectivity index (χ4n) is 9.47. The van der Waals surface area contributed by atoms with Crippen molar-refractivity contribution in [1.82, 2.24) is 59.4 Å². The van der Waals surface area contributed by atoms with Gasteiger partial charge in [0.25, 0.3) is 0 Å². The smallest absolute Gasteiger partial charge is 0.225 e. The topological polar surface area (TPSA) is 309 Å². The number of piperidine rings is 2. The minimum Gasteiger partial charge on any atom is -0.494 e. The lowest BCUT2D eigenvalue weighted by Gasteiger charge is -2.35. The van der Waals surface area contributed by atoms with Gasteiger partial charge in [-0.1, -0.05) is 24.3 Å². The van der Waals surface area contributed by atoms with Crippen LogP contribution in [0.4, 0.5) is 20.7 Å². The Bertz CT molecular complexity index is 3470. The molecular formula is C52H56F2N14O12S2. The first kappa shape index (κ1) is 57.9. The maximum Gasteiger partial charge on any atom is 0.225 e. The molecule has 4 atom stereocenters.